The molecule has 1 saturated heterocycles. The van der Waals surface area contributed by atoms with Crippen LogP contribution in [0.5, 0.6) is 5.75 Å². The molecule has 3 aromatic carbocycles. The first kappa shape index (κ1) is 19.8. The highest BCUT2D eigenvalue weighted by atomic mass is 16.5. The summed E-state index contributed by atoms with van der Waals surface area (Å²) >= 11 is 0. The lowest BCUT2D eigenvalue weighted by Crippen LogP contribution is -2.43. The van der Waals surface area contributed by atoms with Crippen LogP contribution in [0.2, 0.25) is 0 Å². The molecule has 4 nitrogen and oxygen atoms in total. The summed E-state index contributed by atoms with van der Waals surface area (Å²) in [5.41, 5.74) is 5.07. The summed E-state index contributed by atoms with van der Waals surface area (Å²) in [6.45, 7) is 6.27. The Morgan fingerprint density at radius 3 is 2.39 bits per heavy atom. The molecule has 0 atom stereocenters. The van der Waals surface area contributed by atoms with Crippen LogP contribution in [-0.2, 0) is 5.41 Å². The van der Waals surface area contributed by atoms with E-state index >= 15 is 0 Å². The van der Waals surface area contributed by atoms with Gasteiger partial charge in [-0.05, 0) is 73.9 Å². The number of anilines is 1. The molecule has 0 bridgehead atoms. The maximum atomic E-state index is 12.9. The first-order valence-electron chi connectivity index (χ1n) is 11.1. The topological polar surface area (TPSA) is 41.6 Å². The second kappa shape index (κ2) is 8.20. The third-order valence-corrected chi connectivity index (χ3v) is 6.83. The van der Waals surface area contributed by atoms with Gasteiger partial charge in [-0.3, -0.25) is 4.79 Å². The van der Waals surface area contributed by atoms with Gasteiger partial charge in [0.2, 0.25) is 0 Å². The Morgan fingerprint density at radius 2 is 1.68 bits per heavy atom. The molecule has 5 rings (SSSR count). The number of hydrogen-bond donors (Lipinski definition) is 1. The van der Waals surface area contributed by atoms with Gasteiger partial charge >= 0.3 is 0 Å². The summed E-state index contributed by atoms with van der Waals surface area (Å²) in [7, 11) is 0. The van der Waals surface area contributed by atoms with E-state index in [1.54, 1.807) is 0 Å². The third kappa shape index (κ3) is 3.84. The minimum atomic E-state index is -0.0895. The van der Waals surface area contributed by atoms with Gasteiger partial charge in [0, 0.05) is 22.2 Å². The maximum Gasteiger partial charge on any atom is 0.255 e. The third-order valence-electron chi connectivity index (χ3n) is 6.83. The van der Waals surface area contributed by atoms with Crippen LogP contribution in [0.3, 0.4) is 0 Å². The molecule has 0 aliphatic carbocycles. The first-order valence-corrected chi connectivity index (χ1v) is 11.1. The van der Waals surface area contributed by atoms with Crippen molar-refractivity contribution in [2.45, 2.75) is 25.2 Å². The van der Waals surface area contributed by atoms with Gasteiger partial charge in [0.25, 0.3) is 5.91 Å². The molecule has 31 heavy (non-hydrogen) atoms. The fourth-order valence-corrected chi connectivity index (χ4v) is 4.80. The quantitative estimate of drug-likeness (QED) is 0.628. The van der Waals surface area contributed by atoms with Gasteiger partial charge in [0.05, 0.1) is 6.61 Å². The Bertz CT molecular complexity index is 1070. The summed E-state index contributed by atoms with van der Waals surface area (Å²) in [5, 5.41) is 3.08. The highest BCUT2D eigenvalue weighted by Crippen LogP contribution is 2.46. The fourth-order valence-electron chi connectivity index (χ4n) is 4.80. The van der Waals surface area contributed by atoms with Crippen LogP contribution in [0, 0.1) is 0 Å². The van der Waals surface area contributed by atoms with Gasteiger partial charge in [0.15, 0.2) is 0 Å². The highest BCUT2D eigenvalue weighted by Gasteiger charge is 2.42. The van der Waals surface area contributed by atoms with E-state index in [1.807, 2.05) is 54.6 Å². The molecular weight excluding hydrogens is 384 g/mol. The molecule has 0 radical (unpaired) electrons. The minimum absolute atomic E-state index is 0.0824. The maximum absolute atomic E-state index is 12.9. The number of ether oxygens (including phenoxy) is 1. The number of hydrogen-bond acceptors (Lipinski definition) is 3. The summed E-state index contributed by atoms with van der Waals surface area (Å²) < 4.78 is 6.03. The van der Waals surface area contributed by atoms with Gasteiger partial charge in [-0.25, -0.2) is 0 Å². The number of carbonyl (C=O) groups is 1. The lowest BCUT2D eigenvalue weighted by Gasteiger charge is -2.38. The molecule has 4 heteroatoms. The van der Waals surface area contributed by atoms with Gasteiger partial charge in [-0.2, -0.15) is 0 Å². The van der Waals surface area contributed by atoms with Crippen molar-refractivity contribution < 1.29 is 9.53 Å². The van der Waals surface area contributed by atoms with E-state index in [9.17, 15) is 4.79 Å². The molecule has 1 N–H and O–H groups in total. The zero-order chi connectivity index (χ0) is 21.3. The predicted octanol–water partition coefficient (Wildman–Crippen LogP) is 5.35. The predicted molar refractivity (Wildman–Crippen MR) is 125 cm³/mol. The van der Waals surface area contributed by atoms with Crippen LogP contribution in [-0.4, -0.2) is 37.0 Å². The van der Waals surface area contributed by atoms with Crippen molar-refractivity contribution in [1.82, 2.24) is 4.90 Å². The van der Waals surface area contributed by atoms with E-state index in [0.29, 0.717) is 5.56 Å². The monoisotopic (exact) mass is 412 g/mol. The standard InChI is InChI=1S/C27H28N2O2/c1-2-29-16-14-27(15-17-29)19-31-25-13-12-23(18-24(25)27)28-26(30)22-10-8-21(9-11-22)20-6-4-3-5-7-20/h3-13,18H,2,14-17,19H2,1H3,(H,28,30). The van der Waals surface area contributed by atoms with E-state index in [4.69, 9.17) is 4.74 Å². The normalized spacial score (nSPS) is 17.2. The number of piperidine rings is 1. The second-order valence-electron chi connectivity index (χ2n) is 8.61. The largest absolute Gasteiger partial charge is 0.492 e. The number of fused-ring (bicyclic) bond motifs is 2. The van der Waals surface area contributed by atoms with Crippen molar-refractivity contribution in [1.29, 1.82) is 0 Å². The van der Waals surface area contributed by atoms with E-state index in [0.717, 1.165) is 61.6 Å². The number of amides is 1. The number of carbonyl (C=O) groups excluding carboxylic acids is 1. The van der Waals surface area contributed by atoms with Gasteiger partial charge < -0.3 is 15.0 Å². The molecule has 0 saturated carbocycles. The van der Waals surface area contributed by atoms with Crippen LogP contribution in [0.25, 0.3) is 11.1 Å². The summed E-state index contributed by atoms with van der Waals surface area (Å²) in [6, 6.07) is 24.0. The second-order valence-corrected chi connectivity index (χ2v) is 8.61. The van der Waals surface area contributed by atoms with E-state index in [-0.39, 0.29) is 11.3 Å². The van der Waals surface area contributed by atoms with Crippen molar-refractivity contribution in [2.24, 2.45) is 0 Å². The Kier molecular flexibility index (Phi) is 5.24. The van der Waals surface area contributed by atoms with E-state index < -0.39 is 0 Å². The molecule has 0 unspecified atom stereocenters. The molecule has 0 aromatic heterocycles. The lowest BCUT2D eigenvalue weighted by atomic mass is 9.74. The Labute approximate surface area is 183 Å². The van der Waals surface area contributed by atoms with Crippen LogP contribution >= 0.6 is 0 Å². The summed E-state index contributed by atoms with van der Waals surface area (Å²) in [5.74, 6) is 0.878. The molecule has 2 aliphatic rings. The van der Waals surface area contributed by atoms with Gasteiger partial charge in [0.1, 0.15) is 5.75 Å². The summed E-state index contributed by atoms with van der Waals surface area (Å²) in [4.78, 5) is 15.4. The fraction of sp³-hybridized carbons (Fsp3) is 0.296. The average Bonchev–Trinajstić information content (AvgIpc) is 3.17. The van der Waals surface area contributed by atoms with Crippen molar-refractivity contribution >= 4 is 11.6 Å². The first-order chi connectivity index (χ1) is 15.2. The number of likely N-dealkylation sites (tertiary alicyclic amines) is 1. The zero-order valence-corrected chi connectivity index (χ0v) is 17.9. The number of nitrogens with one attached hydrogen (secondary N) is 1. The Morgan fingerprint density at radius 1 is 0.968 bits per heavy atom. The molecular formula is C27H28N2O2. The molecule has 2 heterocycles. The molecule has 1 fully saturated rings. The van der Waals surface area contributed by atoms with Crippen LogP contribution in [0.1, 0.15) is 35.7 Å². The average molecular weight is 413 g/mol. The number of nitrogens with zero attached hydrogens (tertiary/aromatic N) is 1. The Balaban J connectivity index is 1.32. The van der Waals surface area contributed by atoms with Crippen molar-refractivity contribution in [3.05, 3.63) is 83.9 Å². The van der Waals surface area contributed by atoms with E-state index in [1.165, 1.54) is 5.56 Å². The zero-order valence-electron chi connectivity index (χ0n) is 17.9. The molecule has 1 amide bonds. The molecule has 3 aromatic rings. The van der Waals surface area contributed by atoms with Gasteiger partial charge in [-0.15, -0.1) is 0 Å². The van der Waals surface area contributed by atoms with Gasteiger partial charge in [-0.1, -0.05) is 49.4 Å². The lowest BCUT2D eigenvalue weighted by molar-refractivity contribution is 0.102. The van der Waals surface area contributed by atoms with Crippen LogP contribution in [0.15, 0.2) is 72.8 Å². The van der Waals surface area contributed by atoms with Crippen LogP contribution in [0.4, 0.5) is 5.69 Å². The number of benzene rings is 3. The number of rotatable bonds is 4. The van der Waals surface area contributed by atoms with Crippen molar-refractivity contribution in [2.75, 3.05) is 31.6 Å². The Hall–Kier alpha value is -3.11. The summed E-state index contributed by atoms with van der Waals surface area (Å²) in [6.07, 6.45) is 2.21. The smallest absolute Gasteiger partial charge is 0.255 e. The molecule has 2 aliphatic heterocycles. The highest BCUT2D eigenvalue weighted by molar-refractivity contribution is 6.04. The SMILES string of the molecule is CCN1CCC2(CC1)COc1ccc(NC(=O)c3ccc(-c4ccccc4)cc3)cc12. The minimum Gasteiger partial charge on any atom is -0.492 e. The van der Waals surface area contributed by atoms with E-state index in [2.05, 4.69) is 35.3 Å². The van der Waals surface area contributed by atoms with Crippen molar-refractivity contribution in [3.8, 4) is 16.9 Å². The molecule has 1 spiro atoms. The van der Waals surface area contributed by atoms with Crippen LogP contribution < -0.4 is 10.1 Å². The van der Waals surface area contributed by atoms with Crippen molar-refractivity contribution in [3.63, 3.8) is 0 Å². The molecule has 158 valence electrons.